The molecule has 0 fully saturated rings. The molecule has 8 nitrogen and oxygen atoms in total. The molecule has 2 rings (SSSR count). The summed E-state index contributed by atoms with van der Waals surface area (Å²) in [4.78, 5) is 31.2. The molecule has 2 aromatic heterocycles. The first-order valence-corrected chi connectivity index (χ1v) is 8.10. The molecule has 134 valence electrons. The molecule has 2 aromatic rings. The number of carbonyl (C=O) groups excluding carboxylic acids is 1. The van der Waals surface area contributed by atoms with Crippen LogP contribution in [0.25, 0.3) is 0 Å². The topological polar surface area (TPSA) is 109 Å². The van der Waals surface area contributed by atoms with Crippen molar-refractivity contribution in [3.63, 3.8) is 0 Å². The fourth-order valence-corrected chi connectivity index (χ4v) is 2.39. The van der Waals surface area contributed by atoms with E-state index in [4.69, 9.17) is 5.11 Å². The first-order chi connectivity index (χ1) is 12.0. The first kappa shape index (κ1) is 18.6. The number of pyridine rings is 1. The lowest BCUT2D eigenvalue weighted by Crippen LogP contribution is -2.39. The van der Waals surface area contributed by atoms with Crippen LogP contribution in [0.4, 0.5) is 0 Å². The number of carboxylic acids is 1. The van der Waals surface area contributed by atoms with Crippen molar-refractivity contribution < 1.29 is 14.7 Å². The molecule has 1 amide bonds. The maximum Gasteiger partial charge on any atom is 0.335 e. The van der Waals surface area contributed by atoms with Gasteiger partial charge < -0.3 is 20.3 Å². The number of carboxylic acid groups (broad SMARTS) is 1. The molecular weight excluding hydrogens is 322 g/mol. The number of amides is 1. The van der Waals surface area contributed by atoms with Crippen molar-refractivity contribution in [3.05, 3.63) is 47.8 Å². The van der Waals surface area contributed by atoms with Crippen LogP contribution < -0.4 is 10.6 Å². The summed E-state index contributed by atoms with van der Waals surface area (Å²) >= 11 is 0. The van der Waals surface area contributed by atoms with Gasteiger partial charge >= 0.3 is 5.97 Å². The van der Waals surface area contributed by atoms with Crippen molar-refractivity contribution in [2.24, 2.45) is 7.05 Å². The summed E-state index contributed by atoms with van der Waals surface area (Å²) in [7, 11) is 1.95. The van der Waals surface area contributed by atoms with Crippen molar-refractivity contribution >= 4 is 11.9 Å². The molecule has 0 aromatic carbocycles. The number of carbonyl (C=O) groups is 2. The highest BCUT2D eigenvalue weighted by atomic mass is 16.4. The van der Waals surface area contributed by atoms with E-state index in [-0.39, 0.29) is 24.1 Å². The van der Waals surface area contributed by atoms with Gasteiger partial charge in [0.05, 0.1) is 17.8 Å². The van der Waals surface area contributed by atoms with E-state index in [0.29, 0.717) is 12.2 Å². The van der Waals surface area contributed by atoms with Crippen LogP contribution in [0.3, 0.4) is 0 Å². The van der Waals surface area contributed by atoms with E-state index >= 15 is 0 Å². The van der Waals surface area contributed by atoms with Crippen LogP contribution in [0.5, 0.6) is 0 Å². The second-order valence-corrected chi connectivity index (χ2v) is 5.91. The van der Waals surface area contributed by atoms with Gasteiger partial charge in [0.25, 0.3) is 0 Å². The van der Waals surface area contributed by atoms with Gasteiger partial charge in [-0.3, -0.25) is 9.78 Å². The zero-order chi connectivity index (χ0) is 18.2. The monoisotopic (exact) mass is 345 g/mol. The summed E-state index contributed by atoms with van der Waals surface area (Å²) in [6.07, 6.45) is 6.70. The second kappa shape index (κ2) is 8.93. The van der Waals surface area contributed by atoms with Gasteiger partial charge in [-0.15, -0.1) is 0 Å². The lowest BCUT2D eigenvalue weighted by Gasteiger charge is -2.14. The molecule has 0 aliphatic rings. The number of hydrogen-bond acceptors (Lipinski definition) is 5. The molecule has 0 saturated carbocycles. The van der Waals surface area contributed by atoms with Crippen molar-refractivity contribution in [1.29, 1.82) is 0 Å². The predicted molar refractivity (Wildman–Crippen MR) is 92.0 cm³/mol. The molecule has 1 atom stereocenters. The van der Waals surface area contributed by atoms with Crippen molar-refractivity contribution in [2.45, 2.75) is 32.4 Å². The number of nitrogens with zero attached hydrogens (tertiary/aromatic N) is 3. The molecule has 2 heterocycles. The highest BCUT2D eigenvalue weighted by Gasteiger charge is 2.09. The Kier molecular flexibility index (Phi) is 6.64. The minimum atomic E-state index is -0.997. The van der Waals surface area contributed by atoms with Gasteiger partial charge in [-0.25, -0.2) is 9.78 Å². The van der Waals surface area contributed by atoms with Gasteiger partial charge in [0.15, 0.2) is 0 Å². The summed E-state index contributed by atoms with van der Waals surface area (Å²) < 4.78 is 1.97. The predicted octanol–water partition coefficient (Wildman–Crippen LogP) is 0.740. The number of nitrogens with one attached hydrogen (secondary N) is 2. The molecular formula is C17H23N5O3. The van der Waals surface area contributed by atoms with Gasteiger partial charge in [-0.1, -0.05) is 0 Å². The van der Waals surface area contributed by atoms with Gasteiger partial charge in [-0.05, 0) is 25.5 Å². The molecule has 0 aliphatic heterocycles. The van der Waals surface area contributed by atoms with Crippen LogP contribution >= 0.6 is 0 Å². The van der Waals surface area contributed by atoms with Gasteiger partial charge in [0.1, 0.15) is 5.82 Å². The van der Waals surface area contributed by atoms with Crippen LogP contribution in [0, 0.1) is 0 Å². The first-order valence-electron chi connectivity index (χ1n) is 8.10. The average Bonchev–Trinajstić information content (AvgIpc) is 2.98. The van der Waals surface area contributed by atoms with E-state index in [2.05, 4.69) is 20.6 Å². The largest absolute Gasteiger partial charge is 0.478 e. The lowest BCUT2D eigenvalue weighted by atomic mass is 10.1. The Balaban J connectivity index is 1.69. The van der Waals surface area contributed by atoms with Crippen LogP contribution in [0.1, 0.15) is 35.2 Å². The highest BCUT2D eigenvalue weighted by Crippen LogP contribution is 2.03. The van der Waals surface area contributed by atoms with E-state index in [0.717, 1.165) is 18.7 Å². The molecule has 0 bridgehead atoms. The lowest BCUT2D eigenvalue weighted by molar-refractivity contribution is -0.120. The average molecular weight is 345 g/mol. The fraction of sp³-hybridized carbons (Fsp3) is 0.412. The van der Waals surface area contributed by atoms with Crippen molar-refractivity contribution in [3.8, 4) is 0 Å². The van der Waals surface area contributed by atoms with E-state index < -0.39 is 5.97 Å². The summed E-state index contributed by atoms with van der Waals surface area (Å²) in [5.41, 5.74) is 0.759. The van der Waals surface area contributed by atoms with Crippen molar-refractivity contribution in [1.82, 2.24) is 25.2 Å². The molecule has 25 heavy (non-hydrogen) atoms. The van der Waals surface area contributed by atoms with E-state index in [9.17, 15) is 9.59 Å². The number of hydrogen-bond donors (Lipinski definition) is 3. The summed E-state index contributed by atoms with van der Waals surface area (Å²) in [5, 5.41) is 14.8. The molecule has 1 unspecified atom stereocenters. The van der Waals surface area contributed by atoms with Crippen LogP contribution in [0.2, 0.25) is 0 Å². The SMILES string of the molecule is CC(CCc1nccn1C)NC(=O)CNCc1cc(C(=O)O)ccn1. The Bertz CT molecular complexity index is 729. The number of imidazole rings is 1. The smallest absolute Gasteiger partial charge is 0.335 e. The quantitative estimate of drug-likeness (QED) is 0.618. The zero-order valence-electron chi connectivity index (χ0n) is 14.4. The summed E-state index contributed by atoms with van der Waals surface area (Å²) in [6, 6.07) is 2.96. The maximum absolute atomic E-state index is 11.9. The van der Waals surface area contributed by atoms with E-state index in [1.807, 2.05) is 24.7 Å². The Morgan fingerprint density at radius 2 is 2.12 bits per heavy atom. The van der Waals surface area contributed by atoms with Gasteiger partial charge in [0, 0.05) is 44.6 Å². The number of aromatic nitrogens is 3. The number of aromatic carboxylic acids is 1. The summed E-state index contributed by atoms with van der Waals surface area (Å²) in [5.74, 6) is -0.117. The Morgan fingerprint density at radius 3 is 2.80 bits per heavy atom. The fourth-order valence-electron chi connectivity index (χ4n) is 2.39. The normalized spacial score (nSPS) is 11.9. The molecule has 0 saturated heterocycles. The molecule has 8 heteroatoms. The molecule has 0 aliphatic carbocycles. The highest BCUT2D eigenvalue weighted by molar-refractivity contribution is 5.87. The maximum atomic E-state index is 11.9. The third-order valence-corrected chi connectivity index (χ3v) is 3.78. The van der Waals surface area contributed by atoms with Crippen LogP contribution in [-0.2, 0) is 24.8 Å². The standard InChI is InChI=1S/C17H23N5O3/c1-12(3-4-15-20-7-8-22(15)2)21-16(23)11-18-10-14-9-13(17(24)25)5-6-19-14/h5-9,12,18H,3-4,10-11H2,1-2H3,(H,21,23)(H,24,25). The molecule has 0 spiro atoms. The Morgan fingerprint density at radius 1 is 1.32 bits per heavy atom. The van der Waals surface area contributed by atoms with Crippen molar-refractivity contribution in [2.75, 3.05) is 6.54 Å². The molecule has 3 N–H and O–H groups in total. The van der Waals surface area contributed by atoms with Gasteiger partial charge in [0.2, 0.25) is 5.91 Å². The third kappa shape index (κ3) is 6.00. The zero-order valence-corrected chi connectivity index (χ0v) is 14.4. The second-order valence-electron chi connectivity index (χ2n) is 5.91. The molecule has 0 radical (unpaired) electrons. The van der Waals surface area contributed by atoms with Crippen LogP contribution in [-0.4, -0.2) is 44.1 Å². The van der Waals surface area contributed by atoms with Gasteiger partial charge in [-0.2, -0.15) is 0 Å². The third-order valence-electron chi connectivity index (χ3n) is 3.78. The summed E-state index contributed by atoms with van der Waals surface area (Å²) in [6.45, 7) is 2.43. The Hall–Kier alpha value is -2.74. The Labute approximate surface area is 146 Å². The minimum absolute atomic E-state index is 0.0412. The number of aryl methyl sites for hydroxylation is 2. The number of rotatable bonds is 9. The van der Waals surface area contributed by atoms with Crippen LogP contribution in [0.15, 0.2) is 30.7 Å². The van der Waals surface area contributed by atoms with E-state index in [1.165, 1.54) is 18.3 Å². The minimum Gasteiger partial charge on any atom is -0.478 e. The van der Waals surface area contributed by atoms with E-state index in [1.54, 1.807) is 6.20 Å².